The monoisotopic (exact) mass is 293 g/mol. The minimum atomic E-state index is -2.69. The standard InChI is InChI=1S/C10H9F2N3OS.ClH/c11-10(12)3-7(13-5-10)9-14-8(15-16-9)6-1-2-17-4-6;/h1-2,4,7,13H,3,5H2;1H. The van der Waals surface area contributed by atoms with Crippen molar-refractivity contribution in [3.05, 3.63) is 22.7 Å². The maximum Gasteiger partial charge on any atom is 0.262 e. The van der Waals surface area contributed by atoms with Crippen LogP contribution in [-0.2, 0) is 0 Å². The number of aromatic nitrogens is 2. The lowest BCUT2D eigenvalue weighted by molar-refractivity contribution is 0.0200. The molecule has 0 amide bonds. The average molecular weight is 294 g/mol. The van der Waals surface area contributed by atoms with Crippen molar-refractivity contribution in [1.29, 1.82) is 0 Å². The van der Waals surface area contributed by atoms with Gasteiger partial charge in [-0.25, -0.2) is 8.78 Å². The number of halogens is 3. The molecule has 0 radical (unpaired) electrons. The molecule has 4 nitrogen and oxygen atoms in total. The molecule has 1 fully saturated rings. The second kappa shape index (κ2) is 4.91. The summed E-state index contributed by atoms with van der Waals surface area (Å²) in [6.45, 7) is -0.339. The molecular formula is C10H10ClF2N3OS. The SMILES string of the molecule is Cl.FC1(F)CNC(c2nc(-c3ccsc3)no2)C1. The third-order valence-electron chi connectivity index (χ3n) is 2.63. The van der Waals surface area contributed by atoms with E-state index in [0.717, 1.165) is 5.56 Å². The molecule has 1 saturated heterocycles. The first-order valence-corrected chi connectivity index (χ1v) is 6.06. The van der Waals surface area contributed by atoms with Crippen molar-refractivity contribution in [2.24, 2.45) is 0 Å². The van der Waals surface area contributed by atoms with Gasteiger partial charge in [-0.3, -0.25) is 5.32 Å². The van der Waals surface area contributed by atoms with E-state index in [1.165, 1.54) is 11.3 Å². The Morgan fingerprint density at radius 2 is 2.33 bits per heavy atom. The third-order valence-corrected chi connectivity index (χ3v) is 3.31. The summed E-state index contributed by atoms with van der Waals surface area (Å²) in [5.41, 5.74) is 0.842. The van der Waals surface area contributed by atoms with Gasteiger partial charge in [0.05, 0.1) is 12.6 Å². The topological polar surface area (TPSA) is 51.0 Å². The van der Waals surface area contributed by atoms with E-state index >= 15 is 0 Å². The van der Waals surface area contributed by atoms with Crippen molar-refractivity contribution < 1.29 is 13.3 Å². The van der Waals surface area contributed by atoms with Gasteiger partial charge in [-0.2, -0.15) is 16.3 Å². The third kappa shape index (κ3) is 2.52. The summed E-state index contributed by atoms with van der Waals surface area (Å²) in [6, 6.07) is 1.31. The zero-order valence-corrected chi connectivity index (χ0v) is 10.7. The number of thiophene rings is 1. The predicted octanol–water partition coefficient (Wildman–Crippen LogP) is 2.89. The molecule has 0 aliphatic carbocycles. The van der Waals surface area contributed by atoms with Crippen LogP contribution in [0.1, 0.15) is 18.4 Å². The fourth-order valence-corrected chi connectivity index (χ4v) is 2.41. The summed E-state index contributed by atoms with van der Waals surface area (Å²) in [4.78, 5) is 4.13. The molecule has 1 aliphatic heterocycles. The second-order valence-electron chi connectivity index (χ2n) is 3.96. The smallest absolute Gasteiger partial charge is 0.262 e. The minimum absolute atomic E-state index is 0. The molecule has 1 N–H and O–H groups in total. The fourth-order valence-electron chi connectivity index (χ4n) is 1.78. The van der Waals surface area contributed by atoms with Gasteiger partial charge in [0.2, 0.25) is 11.7 Å². The predicted molar refractivity (Wildman–Crippen MR) is 65.2 cm³/mol. The fraction of sp³-hybridized carbons (Fsp3) is 0.400. The van der Waals surface area contributed by atoms with E-state index in [1.807, 2.05) is 16.8 Å². The maximum atomic E-state index is 13.0. The zero-order chi connectivity index (χ0) is 11.9. The second-order valence-corrected chi connectivity index (χ2v) is 4.74. The van der Waals surface area contributed by atoms with Crippen molar-refractivity contribution in [3.8, 4) is 11.4 Å². The first-order chi connectivity index (χ1) is 8.14. The first kappa shape index (κ1) is 13.4. The molecule has 0 spiro atoms. The van der Waals surface area contributed by atoms with Crippen LogP contribution in [0.4, 0.5) is 8.78 Å². The van der Waals surface area contributed by atoms with Gasteiger partial charge in [0.1, 0.15) is 0 Å². The molecule has 0 saturated carbocycles. The molecule has 3 heterocycles. The van der Waals surface area contributed by atoms with Crippen LogP contribution in [0.3, 0.4) is 0 Å². The highest BCUT2D eigenvalue weighted by atomic mass is 35.5. The van der Waals surface area contributed by atoms with Gasteiger partial charge < -0.3 is 4.52 Å². The lowest BCUT2D eigenvalue weighted by Crippen LogP contribution is -2.19. The maximum absolute atomic E-state index is 13.0. The van der Waals surface area contributed by atoms with Gasteiger partial charge in [0.15, 0.2) is 0 Å². The molecule has 0 aromatic carbocycles. The van der Waals surface area contributed by atoms with Crippen LogP contribution in [0, 0.1) is 0 Å². The minimum Gasteiger partial charge on any atom is -0.337 e. The molecule has 3 rings (SSSR count). The Kier molecular flexibility index (Phi) is 3.65. The first-order valence-electron chi connectivity index (χ1n) is 5.11. The van der Waals surface area contributed by atoms with Crippen molar-refractivity contribution in [2.75, 3.05) is 6.54 Å². The Bertz CT molecular complexity index is 517. The van der Waals surface area contributed by atoms with Crippen LogP contribution >= 0.6 is 23.7 Å². The number of rotatable bonds is 2. The molecule has 98 valence electrons. The van der Waals surface area contributed by atoms with Crippen molar-refractivity contribution >= 4 is 23.7 Å². The van der Waals surface area contributed by atoms with Gasteiger partial charge in [-0.15, -0.1) is 12.4 Å². The van der Waals surface area contributed by atoms with Crippen LogP contribution in [0.15, 0.2) is 21.3 Å². The van der Waals surface area contributed by atoms with Gasteiger partial charge in [-0.1, -0.05) is 5.16 Å². The molecule has 2 aromatic rings. The molecule has 0 bridgehead atoms. The Morgan fingerprint density at radius 1 is 1.50 bits per heavy atom. The number of nitrogens with one attached hydrogen (secondary N) is 1. The summed E-state index contributed by atoms with van der Waals surface area (Å²) in [6.07, 6.45) is -0.293. The van der Waals surface area contributed by atoms with Crippen LogP contribution in [0.25, 0.3) is 11.4 Å². The highest BCUT2D eigenvalue weighted by Gasteiger charge is 2.42. The van der Waals surface area contributed by atoms with E-state index in [0.29, 0.717) is 5.82 Å². The van der Waals surface area contributed by atoms with E-state index in [1.54, 1.807) is 0 Å². The molecule has 18 heavy (non-hydrogen) atoms. The van der Waals surface area contributed by atoms with Crippen LogP contribution in [-0.4, -0.2) is 22.6 Å². The normalized spacial score (nSPS) is 21.8. The molecular weight excluding hydrogens is 284 g/mol. The van der Waals surface area contributed by atoms with E-state index in [9.17, 15) is 8.78 Å². The van der Waals surface area contributed by atoms with Crippen LogP contribution in [0.5, 0.6) is 0 Å². The van der Waals surface area contributed by atoms with E-state index in [2.05, 4.69) is 15.5 Å². The van der Waals surface area contributed by atoms with Crippen molar-refractivity contribution in [1.82, 2.24) is 15.5 Å². The van der Waals surface area contributed by atoms with Crippen LogP contribution in [0.2, 0.25) is 0 Å². The van der Waals surface area contributed by atoms with Gasteiger partial charge in [0, 0.05) is 17.4 Å². The van der Waals surface area contributed by atoms with Gasteiger partial charge >= 0.3 is 0 Å². The highest BCUT2D eigenvalue weighted by molar-refractivity contribution is 7.08. The lowest BCUT2D eigenvalue weighted by Gasteiger charge is -2.04. The van der Waals surface area contributed by atoms with E-state index < -0.39 is 12.0 Å². The largest absolute Gasteiger partial charge is 0.337 e. The van der Waals surface area contributed by atoms with E-state index in [4.69, 9.17) is 4.52 Å². The van der Waals surface area contributed by atoms with Crippen molar-refractivity contribution in [2.45, 2.75) is 18.4 Å². The number of hydrogen-bond acceptors (Lipinski definition) is 5. The summed E-state index contributed by atoms with van der Waals surface area (Å²) in [5.74, 6) is -2.02. The highest BCUT2D eigenvalue weighted by Crippen LogP contribution is 2.33. The van der Waals surface area contributed by atoms with Gasteiger partial charge in [-0.05, 0) is 11.4 Å². The number of alkyl halides is 2. The van der Waals surface area contributed by atoms with Crippen LogP contribution < -0.4 is 5.32 Å². The summed E-state index contributed by atoms with van der Waals surface area (Å²) >= 11 is 1.52. The summed E-state index contributed by atoms with van der Waals surface area (Å²) < 4.78 is 31.0. The lowest BCUT2D eigenvalue weighted by atomic mass is 10.2. The molecule has 1 aliphatic rings. The quantitative estimate of drug-likeness (QED) is 0.925. The Hall–Kier alpha value is -1.05. The number of hydrogen-bond donors (Lipinski definition) is 1. The van der Waals surface area contributed by atoms with Gasteiger partial charge in [0.25, 0.3) is 5.92 Å². The average Bonchev–Trinajstić information content (AvgIpc) is 2.93. The Morgan fingerprint density at radius 3 is 2.94 bits per heavy atom. The Balaban J connectivity index is 0.00000120. The zero-order valence-electron chi connectivity index (χ0n) is 9.10. The molecule has 8 heteroatoms. The summed E-state index contributed by atoms with van der Waals surface area (Å²) in [7, 11) is 0. The Labute approximate surface area is 112 Å². The summed E-state index contributed by atoms with van der Waals surface area (Å²) in [5, 5.41) is 10.2. The molecule has 1 atom stereocenters. The van der Waals surface area contributed by atoms with Crippen molar-refractivity contribution in [3.63, 3.8) is 0 Å². The number of nitrogens with zero attached hydrogens (tertiary/aromatic N) is 2. The molecule has 2 aromatic heterocycles. The molecule has 1 unspecified atom stereocenters. The van der Waals surface area contributed by atoms with E-state index in [-0.39, 0.29) is 31.3 Å².